The maximum absolute atomic E-state index is 12.4. The van der Waals surface area contributed by atoms with Gasteiger partial charge in [-0.1, -0.05) is 11.6 Å². The van der Waals surface area contributed by atoms with Crippen LogP contribution in [0.4, 0.5) is 16.2 Å². The Morgan fingerprint density at radius 1 is 1.04 bits per heavy atom. The molecule has 0 bridgehead atoms. The van der Waals surface area contributed by atoms with E-state index < -0.39 is 0 Å². The van der Waals surface area contributed by atoms with Crippen LogP contribution in [0.5, 0.6) is 5.75 Å². The molecular formula is C18H16ClN3O3. The molecule has 0 spiro atoms. The van der Waals surface area contributed by atoms with E-state index in [1.807, 2.05) is 0 Å². The summed E-state index contributed by atoms with van der Waals surface area (Å²) in [6.07, 6.45) is 1.77. The van der Waals surface area contributed by atoms with Crippen molar-refractivity contribution in [3.05, 3.63) is 58.6 Å². The number of ether oxygens (including phenoxy) is 1. The maximum Gasteiger partial charge on any atom is 0.318 e. The topological polar surface area (TPSA) is 79.5 Å². The van der Waals surface area contributed by atoms with Gasteiger partial charge in [-0.15, -0.1) is 0 Å². The van der Waals surface area contributed by atoms with Gasteiger partial charge in [0.2, 0.25) is 0 Å². The van der Waals surface area contributed by atoms with Crippen LogP contribution >= 0.6 is 11.6 Å². The van der Waals surface area contributed by atoms with Crippen LogP contribution < -0.4 is 20.7 Å². The third-order valence-electron chi connectivity index (χ3n) is 3.60. The molecule has 7 heteroatoms. The number of halogens is 1. The summed E-state index contributed by atoms with van der Waals surface area (Å²) >= 11 is 5.98. The Morgan fingerprint density at radius 2 is 1.72 bits per heavy atom. The zero-order valence-corrected chi connectivity index (χ0v) is 14.2. The molecule has 25 heavy (non-hydrogen) atoms. The second-order valence-electron chi connectivity index (χ2n) is 5.38. The van der Waals surface area contributed by atoms with E-state index >= 15 is 0 Å². The molecule has 3 amide bonds. The van der Waals surface area contributed by atoms with Crippen LogP contribution in [0, 0.1) is 0 Å². The summed E-state index contributed by atoms with van der Waals surface area (Å²) in [5.41, 5.74) is 2.52. The number of nitrogens with one attached hydrogen (secondary N) is 3. The highest BCUT2D eigenvalue weighted by Crippen LogP contribution is 2.29. The lowest BCUT2D eigenvalue weighted by Crippen LogP contribution is -2.24. The monoisotopic (exact) mass is 357 g/mol. The second-order valence-corrected chi connectivity index (χ2v) is 5.81. The highest BCUT2D eigenvalue weighted by molar-refractivity contribution is 6.30. The average molecular weight is 358 g/mol. The van der Waals surface area contributed by atoms with Crippen molar-refractivity contribution in [1.82, 2.24) is 5.32 Å². The third-order valence-corrected chi connectivity index (χ3v) is 3.84. The van der Waals surface area contributed by atoms with Gasteiger partial charge in [0, 0.05) is 29.0 Å². The summed E-state index contributed by atoms with van der Waals surface area (Å²) in [7, 11) is 1.54. The molecule has 0 saturated heterocycles. The van der Waals surface area contributed by atoms with Crippen LogP contribution in [0.25, 0.3) is 6.08 Å². The van der Waals surface area contributed by atoms with Gasteiger partial charge in [-0.05, 0) is 48.5 Å². The molecule has 1 aliphatic heterocycles. The van der Waals surface area contributed by atoms with Crippen LogP contribution in [0.1, 0.15) is 5.56 Å². The van der Waals surface area contributed by atoms with Crippen molar-refractivity contribution in [1.29, 1.82) is 0 Å². The molecule has 1 aliphatic rings. The Morgan fingerprint density at radius 3 is 2.40 bits per heavy atom. The van der Waals surface area contributed by atoms with Crippen LogP contribution in [-0.4, -0.2) is 25.6 Å². The largest absolute Gasteiger partial charge is 0.488 e. The number of rotatable bonds is 3. The highest BCUT2D eigenvalue weighted by Gasteiger charge is 2.17. The predicted octanol–water partition coefficient (Wildman–Crippen LogP) is 3.51. The molecule has 0 radical (unpaired) electrons. The zero-order valence-electron chi connectivity index (χ0n) is 13.4. The van der Waals surface area contributed by atoms with E-state index in [-0.39, 0.29) is 18.5 Å². The quantitative estimate of drug-likeness (QED) is 0.786. The van der Waals surface area contributed by atoms with E-state index in [4.69, 9.17) is 16.3 Å². The molecule has 0 atom stereocenters. The number of hydrogen-bond donors (Lipinski definition) is 3. The van der Waals surface area contributed by atoms with Crippen molar-refractivity contribution in [2.75, 3.05) is 24.3 Å². The maximum atomic E-state index is 12.4. The van der Waals surface area contributed by atoms with Gasteiger partial charge in [-0.3, -0.25) is 4.79 Å². The van der Waals surface area contributed by atoms with E-state index in [1.165, 1.54) is 7.05 Å². The predicted molar refractivity (Wildman–Crippen MR) is 98.1 cm³/mol. The van der Waals surface area contributed by atoms with Gasteiger partial charge < -0.3 is 20.7 Å². The molecule has 0 aliphatic carbocycles. The lowest BCUT2D eigenvalue weighted by molar-refractivity contribution is -0.113. The molecule has 0 saturated carbocycles. The summed E-state index contributed by atoms with van der Waals surface area (Å²) in [6, 6.07) is 11.8. The van der Waals surface area contributed by atoms with E-state index in [9.17, 15) is 9.59 Å². The van der Waals surface area contributed by atoms with E-state index in [0.717, 1.165) is 5.56 Å². The minimum absolute atomic E-state index is 0.191. The first kappa shape index (κ1) is 16.9. The summed E-state index contributed by atoms with van der Waals surface area (Å²) in [5.74, 6) is 0.447. The number of carbonyl (C=O) groups excluding carboxylic acids is 2. The molecule has 0 aromatic heterocycles. The van der Waals surface area contributed by atoms with Crippen molar-refractivity contribution < 1.29 is 14.3 Å². The summed E-state index contributed by atoms with van der Waals surface area (Å²) < 4.78 is 5.58. The van der Waals surface area contributed by atoms with Gasteiger partial charge in [0.15, 0.2) is 0 Å². The Hall–Kier alpha value is -2.99. The summed E-state index contributed by atoms with van der Waals surface area (Å²) in [4.78, 5) is 23.7. The Kier molecular flexibility index (Phi) is 4.90. The highest BCUT2D eigenvalue weighted by atomic mass is 35.5. The average Bonchev–Trinajstić information content (AvgIpc) is 2.62. The fraction of sp³-hybridized carbons (Fsp3) is 0.111. The first-order valence-corrected chi connectivity index (χ1v) is 7.96. The molecule has 2 aromatic carbocycles. The van der Waals surface area contributed by atoms with E-state index in [2.05, 4.69) is 16.0 Å². The Bertz CT molecular complexity index is 847. The van der Waals surface area contributed by atoms with Crippen molar-refractivity contribution in [2.24, 2.45) is 0 Å². The van der Waals surface area contributed by atoms with Gasteiger partial charge in [-0.2, -0.15) is 0 Å². The van der Waals surface area contributed by atoms with Gasteiger partial charge in [0.1, 0.15) is 12.4 Å². The van der Waals surface area contributed by atoms with E-state index in [0.29, 0.717) is 27.7 Å². The molecule has 3 rings (SSSR count). The van der Waals surface area contributed by atoms with Gasteiger partial charge in [0.05, 0.1) is 5.57 Å². The van der Waals surface area contributed by atoms with Gasteiger partial charge in [0.25, 0.3) is 5.91 Å². The zero-order chi connectivity index (χ0) is 17.8. The fourth-order valence-electron chi connectivity index (χ4n) is 2.32. The summed E-state index contributed by atoms with van der Waals surface area (Å²) in [5, 5.41) is 8.50. The third kappa shape index (κ3) is 4.10. The molecule has 2 aromatic rings. The van der Waals surface area contributed by atoms with E-state index in [1.54, 1.807) is 48.5 Å². The molecule has 0 unspecified atom stereocenters. The first-order valence-electron chi connectivity index (χ1n) is 7.58. The number of anilines is 2. The summed E-state index contributed by atoms with van der Waals surface area (Å²) in [6.45, 7) is 0.191. The van der Waals surface area contributed by atoms with Crippen molar-refractivity contribution in [2.45, 2.75) is 0 Å². The molecule has 1 heterocycles. The number of hydrogen-bond acceptors (Lipinski definition) is 3. The number of fused-ring (bicyclic) bond motifs is 1. The van der Waals surface area contributed by atoms with Gasteiger partial charge in [-0.25, -0.2) is 4.79 Å². The molecule has 3 N–H and O–H groups in total. The Balaban J connectivity index is 1.69. The molecule has 6 nitrogen and oxygen atoms in total. The fourth-order valence-corrected chi connectivity index (χ4v) is 2.50. The molecular weight excluding hydrogens is 342 g/mol. The van der Waals surface area contributed by atoms with Crippen LogP contribution in [0.3, 0.4) is 0 Å². The van der Waals surface area contributed by atoms with Crippen LogP contribution in [0.15, 0.2) is 48.0 Å². The number of benzene rings is 2. The standard InChI is InChI=1S/C18H16ClN3O3/c1-20-18(24)22-15-5-3-14(4-6-15)21-17(23)12-8-11-9-13(19)2-7-16(11)25-10-12/h2-9H,10H2,1H3,(H,21,23)(H2,20,22,24). The van der Waals surface area contributed by atoms with Gasteiger partial charge >= 0.3 is 6.03 Å². The second kappa shape index (κ2) is 7.27. The first-order chi connectivity index (χ1) is 12.0. The lowest BCUT2D eigenvalue weighted by Gasteiger charge is -2.18. The number of carbonyl (C=O) groups is 2. The number of urea groups is 1. The lowest BCUT2D eigenvalue weighted by atomic mass is 10.1. The number of amides is 3. The minimum atomic E-state index is -0.307. The normalized spacial score (nSPS) is 12.3. The molecule has 128 valence electrons. The SMILES string of the molecule is CNC(=O)Nc1ccc(NC(=O)C2=Cc3cc(Cl)ccc3OC2)cc1. The molecule has 0 fully saturated rings. The van der Waals surface area contributed by atoms with Crippen LogP contribution in [0.2, 0.25) is 5.02 Å². The Labute approximate surface area is 149 Å². The van der Waals surface area contributed by atoms with Crippen LogP contribution in [-0.2, 0) is 4.79 Å². The van der Waals surface area contributed by atoms with Crippen molar-refractivity contribution >= 4 is 41.0 Å². The van der Waals surface area contributed by atoms with Crippen molar-refractivity contribution in [3.8, 4) is 5.75 Å². The smallest absolute Gasteiger partial charge is 0.318 e. The van der Waals surface area contributed by atoms with Crippen molar-refractivity contribution in [3.63, 3.8) is 0 Å². The minimum Gasteiger partial charge on any atom is -0.488 e.